The summed E-state index contributed by atoms with van der Waals surface area (Å²) in [6.07, 6.45) is 2.02. The maximum absolute atomic E-state index is 6.37. The summed E-state index contributed by atoms with van der Waals surface area (Å²) in [4.78, 5) is 4.85. The van der Waals surface area contributed by atoms with Crippen molar-refractivity contribution in [1.29, 1.82) is 0 Å². The van der Waals surface area contributed by atoms with Crippen molar-refractivity contribution in [2.24, 2.45) is 0 Å². The summed E-state index contributed by atoms with van der Waals surface area (Å²) in [6.45, 7) is 0. The second kappa shape index (κ2) is 9.25. The average molecular weight is 572 g/mol. The Morgan fingerprint density at radius 3 is 1.87 bits per heavy atom. The zero-order valence-corrected chi connectivity index (χ0v) is 24.3. The van der Waals surface area contributed by atoms with E-state index in [-0.39, 0.29) is 0 Å². The number of rotatable bonds is 3. The largest absolute Gasteiger partial charge is 0.455 e. The van der Waals surface area contributed by atoms with Crippen LogP contribution in [-0.2, 0) is 0 Å². The number of hydrogen-bond donors (Lipinski definition) is 0. The van der Waals surface area contributed by atoms with Crippen LogP contribution in [0.25, 0.3) is 98.5 Å². The smallest absolute Gasteiger partial charge is 0.143 e. The molecule has 2 heteroatoms. The number of hydrogen-bond acceptors (Lipinski definition) is 2. The molecule has 0 spiro atoms. The third kappa shape index (κ3) is 3.60. The Bertz CT molecular complexity index is 2740. The number of para-hydroxylation sites is 3. The molecular weight excluding hydrogens is 546 g/mol. The zero-order chi connectivity index (χ0) is 29.5. The molecule has 0 unspecified atom stereocenters. The van der Waals surface area contributed by atoms with E-state index in [1.165, 1.54) is 49.0 Å². The van der Waals surface area contributed by atoms with Crippen LogP contribution in [0.2, 0.25) is 0 Å². The molecule has 0 N–H and O–H groups in total. The molecular formula is C43H25NO. The van der Waals surface area contributed by atoms with E-state index in [9.17, 15) is 0 Å². The monoisotopic (exact) mass is 571 g/mol. The lowest BCUT2D eigenvalue weighted by Gasteiger charge is -2.18. The fraction of sp³-hybridized carbons (Fsp3) is 0. The number of fused-ring (bicyclic) bond motifs is 4. The second-order valence-corrected chi connectivity index (χ2v) is 11.9. The molecule has 2 heterocycles. The van der Waals surface area contributed by atoms with Crippen molar-refractivity contribution in [2.45, 2.75) is 0 Å². The highest BCUT2D eigenvalue weighted by molar-refractivity contribution is 6.28. The van der Waals surface area contributed by atoms with Gasteiger partial charge >= 0.3 is 0 Å². The molecule has 10 rings (SSSR count). The van der Waals surface area contributed by atoms with Crippen molar-refractivity contribution in [2.75, 3.05) is 0 Å². The first-order valence-corrected chi connectivity index (χ1v) is 15.4. The van der Waals surface area contributed by atoms with Gasteiger partial charge in [0.15, 0.2) is 0 Å². The number of aromatic nitrogens is 1. The molecule has 2 aromatic heterocycles. The molecule has 0 saturated carbocycles. The van der Waals surface area contributed by atoms with E-state index >= 15 is 0 Å². The maximum atomic E-state index is 6.37. The quantitative estimate of drug-likeness (QED) is 0.197. The van der Waals surface area contributed by atoms with Gasteiger partial charge in [-0.3, -0.25) is 4.98 Å². The van der Waals surface area contributed by atoms with E-state index < -0.39 is 0 Å². The first-order chi connectivity index (χ1) is 22.3. The fourth-order valence-corrected chi connectivity index (χ4v) is 7.33. The molecule has 0 radical (unpaired) electrons. The molecule has 0 bridgehead atoms. The van der Waals surface area contributed by atoms with Crippen LogP contribution in [0.3, 0.4) is 0 Å². The predicted molar refractivity (Wildman–Crippen MR) is 189 cm³/mol. The first kappa shape index (κ1) is 24.5. The highest BCUT2D eigenvalue weighted by atomic mass is 16.3. The highest BCUT2D eigenvalue weighted by Crippen LogP contribution is 2.45. The fourth-order valence-electron chi connectivity index (χ4n) is 7.33. The lowest BCUT2D eigenvalue weighted by molar-refractivity contribution is 0.670. The van der Waals surface area contributed by atoms with Gasteiger partial charge in [0.05, 0.1) is 5.52 Å². The van der Waals surface area contributed by atoms with Gasteiger partial charge in [-0.05, 0) is 78.8 Å². The third-order valence-corrected chi connectivity index (χ3v) is 9.46. The maximum Gasteiger partial charge on any atom is 0.143 e. The van der Waals surface area contributed by atoms with E-state index in [1.807, 2.05) is 24.4 Å². The second-order valence-electron chi connectivity index (χ2n) is 11.9. The Morgan fingerprint density at radius 2 is 1.04 bits per heavy atom. The third-order valence-electron chi connectivity index (χ3n) is 9.46. The van der Waals surface area contributed by atoms with E-state index in [0.717, 1.165) is 49.5 Å². The van der Waals surface area contributed by atoms with Crippen molar-refractivity contribution < 1.29 is 4.42 Å². The zero-order valence-electron chi connectivity index (χ0n) is 24.3. The summed E-state index contributed by atoms with van der Waals surface area (Å²) in [5.41, 5.74) is 9.83. The molecule has 0 fully saturated rings. The minimum Gasteiger partial charge on any atom is -0.455 e. The molecule has 0 aliphatic rings. The molecule has 0 aliphatic heterocycles. The topological polar surface area (TPSA) is 26.0 Å². The minimum absolute atomic E-state index is 0.918. The summed E-state index contributed by atoms with van der Waals surface area (Å²) in [6, 6.07) is 52.3. The van der Waals surface area contributed by atoms with Gasteiger partial charge in [0.2, 0.25) is 0 Å². The van der Waals surface area contributed by atoms with Gasteiger partial charge in [0.1, 0.15) is 11.2 Å². The normalized spacial score (nSPS) is 12.0. The van der Waals surface area contributed by atoms with Crippen LogP contribution in [-0.4, -0.2) is 4.98 Å². The average Bonchev–Trinajstić information content (AvgIpc) is 3.49. The van der Waals surface area contributed by atoms with Crippen molar-refractivity contribution in [3.8, 4) is 33.4 Å². The van der Waals surface area contributed by atoms with E-state index in [0.29, 0.717) is 0 Å². The van der Waals surface area contributed by atoms with Gasteiger partial charge in [0.25, 0.3) is 0 Å². The lowest BCUT2D eigenvalue weighted by Crippen LogP contribution is -1.92. The SMILES string of the molecule is c1ccc2ncc(-c3cc(-c4ccc(-c5cccc6c5oc5ccccc56)cc4)c4ccc5cccc6ccc3c4c56)cc2c1. The summed E-state index contributed by atoms with van der Waals surface area (Å²) in [7, 11) is 0. The van der Waals surface area contributed by atoms with Gasteiger partial charge in [-0.25, -0.2) is 0 Å². The highest BCUT2D eigenvalue weighted by Gasteiger charge is 2.18. The summed E-state index contributed by atoms with van der Waals surface area (Å²) in [5.74, 6) is 0. The minimum atomic E-state index is 0.918. The molecule has 10 aromatic rings. The number of furan rings is 1. The van der Waals surface area contributed by atoms with E-state index in [4.69, 9.17) is 9.40 Å². The summed E-state index contributed by atoms with van der Waals surface area (Å²) in [5, 5.41) is 11.1. The van der Waals surface area contributed by atoms with Gasteiger partial charge in [-0.2, -0.15) is 0 Å². The molecule has 0 amide bonds. The van der Waals surface area contributed by atoms with Crippen LogP contribution < -0.4 is 0 Å². The van der Waals surface area contributed by atoms with E-state index in [2.05, 4.69) is 127 Å². The molecule has 0 saturated heterocycles. The van der Waals surface area contributed by atoms with Gasteiger partial charge in [-0.15, -0.1) is 0 Å². The predicted octanol–water partition coefficient (Wildman–Crippen LogP) is 12.0. The van der Waals surface area contributed by atoms with Crippen LogP contribution in [0.15, 0.2) is 156 Å². The van der Waals surface area contributed by atoms with Crippen LogP contribution in [0.1, 0.15) is 0 Å². The standard InChI is InChI=1S/C43H25NO/c1-3-13-39-30(7-1)23-31(25-44-39)38-24-37(34-21-19-28-8-5-9-29-20-22-35(38)42(34)41(28)29)27-17-15-26(16-18-27)32-11-6-12-36-33-10-2-4-14-40(33)45-43(32)36/h1-25H. The number of nitrogens with zero attached hydrogens (tertiary/aromatic N) is 1. The van der Waals surface area contributed by atoms with Gasteiger partial charge in [-0.1, -0.05) is 121 Å². The van der Waals surface area contributed by atoms with Crippen LogP contribution >= 0.6 is 0 Å². The Labute approximate surface area is 259 Å². The lowest BCUT2D eigenvalue weighted by atomic mass is 9.85. The number of pyridine rings is 1. The Balaban J connectivity index is 1.21. The Kier molecular flexibility index (Phi) is 5.03. The van der Waals surface area contributed by atoms with Gasteiger partial charge < -0.3 is 4.42 Å². The summed E-state index contributed by atoms with van der Waals surface area (Å²) < 4.78 is 6.37. The van der Waals surface area contributed by atoms with Gasteiger partial charge in [0, 0.05) is 33.5 Å². The van der Waals surface area contributed by atoms with Crippen molar-refractivity contribution in [1.82, 2.24) is 4.98 Å². The molecule has 45 heavy (non-hydrogen) atoms. The van der Waals surface area contributed by atoms with Crippen LogP contribution in [0.4, 0.5) is 0 Å². The molecule has 208 valence electrons. The van der Waals surface area contributed by atoms with E-state index in [1.54, 1.807) is 0 Å². The van der Waals surface area contributed by atoms with Crippen molar-refractivity contribution >= 4 is 65.2 Å². The van der Waals surface area contributed by atoms with Crippen molar-refractivity contribution in [3.05, 3.63) is 152 Å². The Hall–Kier alpha value is -5.99. The first-order valence-electron chi connectivity index (χ1n) is 15.4. The molecule has 2 nitrogen and oxygen atoms in total. The molecule has 0 atom stereocenters. The van der Waals surface area contributed by atoms with Crippen LogP contribution in [0.5, 0.6) is 0 Å². The Morgan fingerprint density at radius 1 is 0.400 bits per heavy atom. The van der Waals surface area contributed by atoms with Crippen LogP contribution in [0, 0.1) is 0 Å². The molecule has 8 aromatic carbocycles. The van der Waals surface area contributed by atoms with Crippen molar-refractivity contribution in [3.63, 3.8) is 0 Å². The summed E-state index contributed by atoms with van der Waals surface area (Å²) >= 11 is 0. The number of benzene rings is 8. The molecule has 0 aliphatic carbocycles.